The predicted molar refractivity (Wildman–Crippen MR) is 66.0 cm³/mol. The summed E-state index contributed by atoms with van der Waals surface area (Å²) in [6.45, 7) is 3.63. The van der Waals surface area contributed by atoms with Crippen LogP contribution in [0.4, 0.5) is 0 Å². The van der Waals surface area contributed by atoms with Crippen LogP contribution in [-0.4, -0.2) is 16.9 Å². The summed E-state index contributed by atoms with van der Waals surface area (Å²) in [7, 11) is 0. The first-order valence-corrected chi connectivity index (χ1v) is 5.87. The van der Waals surface area contributed by atoms with Crippen molar-refractivity contribution in [2.24, 2.45) is 5.41 Å². The smallest absolute Gasteiger partial charge is 0.310 e. The van der Waals surface area contributed by atoms with E-state index in [1.807, 2.05) is 19.9 Å². The molecule has 0 aromatic heterocycles. The highest BCUT2D eigenvalue weighted by Crippen LogP contribution is 2.32. The molecule has 0 aliphatic heterocycles. The zero-order valence-corrected chi connectivity index (χ0v) is 10.3. The number of carboxylic acids is 1. The largest absolute Gasteiger partial charge is 0.481 e. The maximum Gasteiger partial charge on any atom is 0.310 e. The molecule has 0 saturated heterocycles. The van der Waals surface area contributed by atoms with Gasteiger partial charge in [-0.25, -0.2) is 0 Å². The Kier molecular flexibility index (Phi) is 4.44. The summed E-state index contributed by atoms with van der Waals surface area (Å²) in [6, 6.07) is 8.85. The average molecular weight is 234 g/mol. The molecule has 0 amide bonds. The molecular formula is C14H18O3. The lowest BCUT2D eigenvalue weighted by molar-refractivity contribution is -0.149. The van der Waals surface area contributed by atoms with Gasteiger partial charge in [-0.1, -0.05) is 44.2 Å². The topological polar surface area (TPSA) is 54.4 Å². The van der Waals surface area contributed by atoms with Gasteiger partial charge in [0.1, 0.15) is 0 Å². The van der Waals surface area contributed by atoms with Crippen LogP contribution in [-0.2, 0) is 4.79 Å². The summed E-state index contributed by atoms with van der Waals surface area (Å²) in [6.07, 6.45) is 1.01. The van der Waals surface area contributed by atoms with Gasteiger partial charge in [-0.2, -0.15) is 0 Å². The summed E-state index contributed by atoms with van der Waals surface area (Å²) >= 11 is 0. The quantitative estimate of drug-likeness (QED) is 0.769. The number of ketones is 1. The van der Waals surface area contributed by atoms with Crippen molar-refractivity contribution >= 4 is 11.8 Å². The fraction of sp³-hybridized carbons (Fsp3) is 0.429. The number of rotatable bonds is 6. The Morgan fingerprint density at radius 3 is 2.06 bits per heavy atom. The van der Waals surface area contributed by atoms with E-state index in [0.29, 0.717) is 18.4 Å². The summed E-state index contributed by atoms with van der Waals surface area (Å²) in [4.78, 5) is 23.3. The van der Waals surface area contributed by atoms with Gasteiger partial charge in [0.15, 0.2) is 5.78 Å². The van der Waals surface area contributed by atoms with Crippen molar-refractivity contribution in [2.75, 3.05) is 0 Å². The Morgan fingerprint density at radius 1 is 1.12 bits per heavy atom. The highest BCUT2D eigenvalue weighted by Gasteiger charge is 2.37. The molecule has 0 saturated carbocycles. The summed E-state index contributed by atoms with van der Waals surface area (Å²) in [5.41, 5.74) is -0.340. The second kappa shape index (κ2) is 5.62. The second-order valence-corrected chi connectivity index (χ2v) is 4.26. The normalized spacial score (nSPS) is 11.2. The van der Waals surface area contributed by atoms with E-state index >= 15 is 0 Å². The number of aliphatic carboxylic acids is 1. The first kappa shape index (κ1) is 13.4. The van der Waals surface area contributed by atoms with Crippen molar-refractivity contribution in [2.45, 2.75) is 33.1 Å². The summed E-state index contributed by atoms with van der Waals surface area (Å²) in [5, 5.41) is 9.27. The zero-order chi connectivity index (χ0) is 12.9. The van der Waals surface area contributed by atoms with Crippen molar-refractivity contribution in [3.8, 4) is 0 Å². The maximum atomic E-state index is 12.0. The van der Waals surface area contributed by atoms with Gasteiger partial charge >= 0.3 is 5.97 Å². The fourth-order valence-electron chi connectivity index (χ4n) is 1.91. The molecular weight excluding hydrogens is 216 g/mol. The minimum Gasteiger partial charge on any atom is -0.481 e. The van der Waals surface area contributed by atoms with Gasteiger partial charge < -0.3 is 5.11 Å². The Morgan fingerprint density at radius 2 is 1.65 bits per heavy atom. The van der Waals surface area contributed by atoms with Crippen molar-refractivity contribution < 1.29 is 14.7 Å². The average Bonchev–Trinajstić information content (AvgIpc) is 2.36. The molecule has 0 bridgehead atoms. The van der Waals surface area contributed by atoms with Crippen LogP contribution in [0.25, 0.3) is 0 Å². The molecule has 1 aromatic carbocycles. The molecule has 0 fully saturated rings. The monoisotopic (exact) mass is 234 g/mol. The lowest BCUT2D eigenvalue weighted by Crippen LogP contribution is -2.32. The van der Waals surface area contributed by atoms with E-state index < -0.39 is 11.4 Å². The predicted octanol–water partition coefficient (Wildman–Crippen LogP) is 3.15. The maximum absolute atomic E-state index is 12.0. The molecule has 0 unspecified atom stereocenters. The van der Waals surface area contributed by atoms with E-state index in [4.69, 9.17) is 0 Å². The number of hydrogen-bond acceptors (Lipinski definition) is 2. The van der Waals surface area contributed by atoms with Gasteiger partial charge in [-0.3, -0.25) is 9.59 Å². The Bertz CT molecular complexity index is 391. The molecule has 92 valence electrons. The molecule has 0 radical (unpaired) electrons. The van der Waals surface area contributed by atoms with Crippen molar-refractivity contribution in [1.29, 1.82) is 0 Å². The van der Waals surface area contributed by atoms with Crippen LogP contribution in [0.15, 0.2) is 30.3 Å². The Labute approximate surface area is 101 Å². The number of hydrogen-bond donors (Lipinski definition) is 1. The molecule has 1 N–H and O–H groups in total. The SMILES string of the molecule is CCC(CC)(CC(=O)c1ccccc1)C(=O)O. The molecule has 0 atom stereocenters. The Hall–Kier alpha value is -1.64. The number of benzene rings is 1. The molecule has 0 spiro atoms. The third kappa shape index (κ3) is 2.93. The first-order chi connectivity index (χ1) is 8.05. The van der Waals surface area contributed by atoms with E-state index in [0.717, 1.165) is 0 Å². The highest BCUT2D eigenvalue weighted by molar-refractivity contribution is 5.98. The van der Waals surface area contributed by atoms with Gasteiger partial charge in [0.25, 0.3) is 0 Å². The second-order valence-electron chi connectivity index (χ2n) is 4.26. The van der Waals surface area contributed by atoms with Crippen LogP contribution >= 0.6 is 0 Å². The number of carbonyl (C=O) groups is 2. The van der Waals surface area contributed by atoms with E-state index in [9.17, 15) is 14.7 Å². The van der Waals surface area contributed by atoms with Gasteiger partial charge in [0.05, 0.1) is 5.41 Å². The minimum atomic E-state index is -0.924. The summed E-state index contributed by atoms with van der Waals surface area (Å²) < 4.78 is 0. The van der Waals surface area contributed by atoms with Gasteiger partial charge in [-0.15, -0.1) is 0 Å². The van der Waals surface area contributed by atoms with Crippen LogP contribution in [0.3, 0.4) is 0 Å². The molecule has 0 aliphatic carbocycles. The van der Waals surface area contributed by atoms with E-state index in [-0.39, 0.29) is 12.2 Å². The first-order valence-electron chi connectivity index (χ1n) is 5.87. The minimum absolute atomic E-state index is 0.0688. The molecule has 1 rings (SSSR count). The molecule has 1 aromatic rings. The van der Waals surface area contributed by atoms with Gasteiger partial charge in [0.2, 0.25) is 0 Å². The number of carboxylic acid groups (broad SMARTS) is 1. The number of carbonyl (C=O) groups excluding carboxylic acids is 1. The third-order valence-corrected chi connectivity index (χ3v) is 3.40. The van der Waals surface area contributed by atoms with Gasteiger partial charge in [0, 0.05) is 12.0 Å². The molecule has 0 heterocycles. The van der Waals surface area contributed by atoms with E-state index in [1.165, 1.54) is 0 Å². The molecule has 3 nitrogen and oxygen atoms in total. The van der Waals surface area contributed by atoms with E-state index in [1.54, 1.807) is 24.3 Å². The summed E-state index contributed by atoms with van der Waals surface area (Å²) in [5.74, 6) is -0.983. The lowest BCUT2D eigenvalue weighted by Gasteiger charge is -2.25. The van der Waals surface area contributed by atoms with Crippen molar-refractivity contribution in [3.05, 3.63) is 35.9 Å². The van der Waals surface area contributed by atoms with Crippen molar-refractivity contribution in [3.63, 3.8) is 0 Å². The van der Waals surface area contributed by atoms with Gasteiger partial charge in [-0.05, 0) is 12.8 Å². The van der Waals surface area contributed by atoms with Crippen LogP contribution in [0.5, 0.6) is 0 Å². The standard InChI is InChI=1S/C14H18O3/c1-3-14(4-2,13(16)17)10-12(15)11-8-6-5-7-9-11/h5-9H,3-4,10H2,1-2H3,(H,16,17). The lowest BCUT2D eigenvalue weighted by atomic mass is 9.77. The molecule has 3 heteroatoms. The molecule has 17 heavy (non-hydrogen) atoms. The zero-order valence-electron chi connectivity index (χ0n) is 10.3. The third-order valence-electron chi connectivity index (χ3n) is 3.40. The van der Waals surface area contributed by atoms with Crippen LogP contribution in [0, 0.1) is 5.41 Å². The number of Topliss-reactive ketones (excluding diaryl/α,β-unsaturated/α-hetero) is 1. The van der Waals surface area contributed by atoms with Crippen LogP contribution in [0.1, 0.15) is 43.5 Å². The van der Waals surface area contributed by atoms with Crippen LogP contribution in [0.2, 0.25) is 0 Å². The fourth-order valence-corrected chi connectivity index (χ4v) is 1.91. The molecule has 0 aliphatic rings. The van der Waals surface area contributed by atoms with E-state index in [2.05, 4.69) is 0 Å². The van der Waals surface area contributed by atoms with Crippen molar-refractivity contribution in [1.82, 2.24) is 0 Å². The van der Waals surface area contributed by atoms with Crippen LogP contribution < -0.4 is 0 Å². The highest BCUT2D eigenvalue weighted by atomic mass is 16.4. The Balaban J connectivity index is 2.89.